The highest BCUT2D eigenvalue weighted by Crippen LogP contribution is 2.28. The molecule has 0 bridgehead atoms. The van der Waals surface area contributed by atoms with E-state index in [2.05, 4.69) is 36.9 Å². The normalized spacial score (nSPS) is 15.8. The van der Waals surface area contributed by atoms with Crippen molar-refractivity contribution in [1.29, 1.82) is 0 Å². The molecule has 1 saturated carbocycles. The van der Waals surface area contributed by atoms with E-state index in [4.69, 9.17) is 5.11 Å². The molecular weight excluding hydrogens is 198 g/mol. The molecule has 1 aromatic carbocycles. The van der Waals surface area contributed by atoms with Crippen molar-refractivity contribution in [3.63, 3.8) is 0 Å². The lowest BCUT2D eigenvalue weighted by Crippen LogP contribution is -2.29. The van der Waals surface area contributed by atoms with Crippen LogP contribution in [-0.2, 0) is 6.54 Å². The van der Waals surface area contributed by atoms with Gasteiger partial charge in [0.15, 0.2) is 0 Å². The number of nitrogens with zero attached hydrogens (tertiary/aromatic N) is 1. The summed E-state index contributed by atoms with van der Waals surface area (Å²) in [6.45, 7) is 6.40. The number of aliphatic hydroxyl groups is 1. The van der Waals surface area contributed by atoms with Gasteiger partial charge in [0.2, 0.25) is 0 Å². The Labute approximate surface area is 97.9 Å². The molecule has 0 spiro atoms. The summed E-state index contributed by atoms with van der Waals surface area (Å²) in [6, 6.07) is 7.20. The van der Waals surface area contributed by atoms with Gasteiger partial charge in [-0.1, -0.05) is 18.2 Å². The lowest BCUT2D eigenvalue weighted by atomic mass is 10.0. The van der Waals surface area contributed by atoms with Crippen molar-refractivity contribution in [3.05, 3.63) is 34.9 Å². The highest BCUT2D eigenvalue weighted by Gasteiger charge is 2.28. The molecule has 1 N–H and O–H groups in total. The van der Waals surface area contributed by atoms with Crippen molar-refractivity contribution in [2.75, 3.05) is 13.2 Å². The number of hydrogen-bond donors (Lipinski definition) is 1. The molecule has 1 aromatic rings. The van der Waals surface area contributed by atoms with E-state index >= 15 is 0 Å². The van der Waals surface area contributed by atoms with E-state index < -0.39 is 0 Å². The molecule has 0 radical (unpaired) electrons. The Kier molecular flexibility index (Phi) is 3.62. The zero-order valence-electron chi connectivity index (χ0n) is 10.2. The smallest absolute Gasteiger partial charge is 0.0558 e. The maximum atomic E-state index is 9.07. The molecule has 88 valence electrons. The van der Waals surface area contributed by atoms with Crippen LogP contribution in [0.5, 0.6) is 0 Å². The SMILES string of the molecule is Cc1cccc(CN(CCO)C2CC2)c1C. The fraction of sp³-hybridized carbons (Fsp3) is 0.571. The van der Waals surface area contributed by atoms with Gasteiger partial charge in [-0.15, -0.1) is 0 Å². The van der Waals surface area contributed by atoms with Crippen LogP contribution in [0.2, 0.25) is 0 Å². The van der Waals surface area contributed by atoms with Crippen molar-refractivity contribution in [3.8, 4) is 0 Å². The Morgan fingerprint density at radius 1 is 1.31 bits per heavy atom. The minimum absolute atomic E-state index is 0.265. The molecule has 2 rings (SSSR count). The molecule has 1 fully saturated rings. The van der Waals surface area contributed by atoms with Gasteiger partial charge in [-0.2, -0.15) is 0 Å². The standard InChI is InChI=1S/C14H21NO/c1-11-4-3-5-13(12(11)2)10-15(8-9-16)14-6-7-14/h3-5,14,16H,6-10H2,1-2H3. The molecule has 0 amide bonds. The summed E-state index contributed by atoms with van der Waals surface area (Å²) in [4.78, 5) is 2.40. The summed E-state index contributed by atoms with van der Waals surface area (Å²) >= 11 is 0. The zero-order chi connectivity index (χ0) is 11.5. The molecule has 0 aliphatic heterocycles. The largest absolute Gasteiger partial charge is 0.395 e. The molecule has 0 heterocycles. The van der Waals surface area contributed by atoms with E-state index in [9.17, 15) is 0 Å². The fourth-order valence-electron chi connectivity index (χ4n) is 2.16. The first-order valence-corrected chi connectivity index (χ1v) is 6.12. The van der Waals surface area contributed by atoms with Gasteiger partial charge in [-0.3, -0.25) is 4.90 Å². The Morgan fingerprint density at radius 2 is 2.06 bits per heavy atom. The van der Waals surface area contributed by atoms with Crippen LogP contribution in [0, 0.1) is 13.8 Å². The summed E-state index contributed by atoms with van der Waals surface area (Å²) in [6.07, 6.45) is 2.59. The third-order valence-corrected chi connectivity index (χ3v) is 3.54. The first-order valence-electron chi connectivity index (χ1n) is 6.12. The van der Waals surface area contributed by atoms with Gasteiger partial charge >= 0.3 is 0 Å². The Morgan fingerprint density at radius 3 is 2.69 bits per heavy atom. The molecule has 2 nitrogen and oxygen atoms in total. The summed E-state index contributed by atoms with van der Waals surface area (Å²) < 4.78 is 0. The molecule has 1 aliphatic rings. The highest BCUT2D eigenvalue weighted by atomic mass is 16.3. The molecule has 0 unspecified atom stereocenters. The third kappa shape index (κ3) is 2.63. The van der Waals surface area contributed by atoms with Crippen LogP contribution in [0.3, 0.4) is 0 Å². The van der Waals surface area contributed by atoms with Gasteiger partial charge in [0.05, 0.1) is 6.61 Å². The van der Waals surface area contributed by atoms with E-state index in [1.807, 2.05) is 0 Å². The van der Waals surface area contributed by atoms with Crippen molar-refractivity contribution in [2.45, 2.75) is 39.3 Å². The lowest BCUT2D eigenvalue weighted by molar-refractivity contribution is 0.183. The molecule has 0 atom stereocenters. The molecule has 16 heavy (non-hydrogen) atoms. The number of aryl methyl sites for hydroxylation is 1. The summed E-state index contributed by atoms with van der Waals surface area (Å²) in [5, 5.41) is 9.07. The van der Waals surface area contributed by atoms with Crippen LogP contribution in [0.1, 0.15) is 29.5 Å². The van der Waals surface area contributed by atoms with E-state index in [0.717, 1.165) is 13.1 Å². The van der Waals surface area contributed by atoms with E-state index in [1.54, 1.807) is 0 Å². The minimum Gasteiger partial charge on any atom is -0.395 e. The van der Waals surface area contributed by atoms with Crippen LogP contribution in [0.25, 0.3) is 0 Å². The summed E-state index contributed by atoms with van der Waals surface area (Å²) in [7, 11) is 0. The molecule has 0 saturated heterocycles. The summed E-state index contributed by atoms with van der Waals surface area (Å²) in [5.41, 5.74) is 4.16. The van der Waals surface area contributed by atoms with Gasteiger partial charge in [-0.05, 0) is 43.4 Å². The zero-order valence-corrected chi connectivity index (χ0v) is 10.2. The van der Waals surface area contributed by atoms with E-state index in [1.165, 1.54) is 29.5 Å². The van der Waals surface area contributed by atoms with Crippen LogP contribution < -0.4 is 0 Å². The van der Waals surface area contributed by atoms with Crippen LogP contribution in [-0.4, -0.2) is 29.2 Å². The summed E-state index contributed by atoms with van der Waals surface area (Å²) in [5.74, 6) is 0. The van der Waals surface area contributed by atoms with Gasteiger partial charge in [0, 0.05) is 19.1 Å². The predicted molar refractivity (Wildman–Crippen MR) is 66.4 cm³/mol. The third-order valence-electron chi connectivity index (χ3n) is 3.54. The lowest BCUT2D eigenvalue weighted by Gasteiger charge is -2.22. The number of benzene rings is 1. The number of rotatable bonds is 5. The minimum atomic E-state index is 0.265. The van der Waals surface area contributed by atoms with Crippen molar-refractivity contribution in [2.24, 2.45) is 0 Å². The second-order valence-electron chi connectivity index (χ2n) is 4.78. The van der Waals surface area contributed by atoms with Gasteiger partial charge in [-0.25, -0.2) is 0 Å². The molecule has 1 aliphatic carbocycles. The Bertz CT molecular complexity index is 358. The average Bonchev–Trinajstić information content (AvgIpc) is 3.07. The first kappa shape index (κ1) is 11.6. The van der Waals surface area contributed by atoms with Crippen molar-refractivity contribution >= 4 is 0 Å². The van der Waals surface area contributed by atoms with Crippen LogP contribution in [0.4, 0.5) is 0 Å². The monoisotopic (exact) mass is 219 g/mol. The molecule has 0 aromatic heterocycles. The van der Waals surface area contributed by atoms with Crippen molar-refractivity contribution in [1.82, 2.24) is 4.90 Å². The topological polar surface area (TPSA) is 23.5 Å². The average molecular weight is 219 g/mol. The maximum Gasteiger partial charge on any atom is 0.0558 e. The van der Waals surface area contributed by atoms with E-state index in [-0.39, 0.29) is 6.61 Å². The predicted octanol–water partition coefficient (Wildman–Crippen LogP) is 2.26. The molecule has 2 heteroatoms. The van der Waals surface area contributed by atoms with Crippen molar-refractivity contribution < 1.29 is 5.11 Å². The number of aliphatic hydroxyl groups excluding tert-OH is 1. The van der Waals surface area contributed by atoms with Crippen LogP contribution in [0.15, 0.2) is 18.2 Å². The highest BCUT2D eigenvalue weighted by molar-refractivity contribution is 5.33. The molecular formula is C14H21NO. The van der Waals surface area contributed by atoms with Gasteiger partial charge < -0.3 is 5.11 Å². The maximum absolute atomic E-state index is 9.07. The Hall–Kier alpha value is -0.860. The van der Waals surface area contributed by atoms with Crippen LogP contribution >= 0.6 is 0 Å². The first-order chi connectivity index (χ1) is 7.72. The van der Waals surface area contributed by atoms with E-state index in [0.29, 0.717) is 6.04 Å². The van der Waals surface area contributed by atoms with Gasteiger partial charge in [0.1, 0.15) is 0 Å². The quantitative estimate of drug-likeness (QED) is 0.821. The van der Waals surface area contributed by atoms with Gasteiger partial charge in [0.25, 0.3) is 0 Å². The number of hydrogen-bond acceptors (Lipinski definition) is 2. The Balaban J connectivity index is 2.08. The fourth-order valence-corrected chi connectivity index (χ4v) is 2.16. The second kappa shape index (κ2) is 4.98. The second-order valence-corrected chi connectivity index (χ2v) is 4.78.